The summed E-state index contributed by atoms with van der Waals surface area (Å²) in [4.78, 5) is 0. The zero-order valence-electron chi connectivity index (χ0n) is 12.1. The van der Waals surface area contributed by atoms with Crippen molar-refractivity contribution in [3.8, 4) is 0 Å². The molecule has 1 atom stereocenters. The second-order valence-electron chi connectivity index (χ2n) is 6.74. The topological polar surface area (TPSA) is 0 Å². The molecule has 0 nitrogen and oxygen atoms in total. The van der Waals surface area contributed by atoms with E-state index in [1.165, 1.54) is 5.30 Å². The van der Waals surface area contributed by atoms with E-state index < -0.39 is 23.4 Å². The highest BCUT2D eigenvalue weighted by atomic mass is 35.7. The molecule has 0 radical (unpaired) electrons. The van der Waals surface area contributed by atoms with Crippen molar-refractivity contribution < 1.29 is 0 Å². The molecule has 0 heterocycles. The van der Waals surface area contributed by atoms with Crippen LogP contribution >= 0.6 is 30.1 Å². The maximum atomic E-state index is 7.20. The van der Waals surface area contributed by atoms with E-state index >= 15 is 0 Å². The molecule has 0 saturated heterocycles. The second-order valence-corrected chi connectivity index (χ2v) is 22.8. The van der Waals surface area contributed by atoms with Gasteiger partial charge in [-0.1, -0.05) is 80.9 Å². The van der Waals surface area contributed by atoms with Crippen LogP contribution in [0.2, 0.25) is 39.3 Å². The largest absolute Gasteiger partial charge is 0.120 e. The van der Waals surface area contributed by atoms with Gasteiger partial charge in [-0.05, 0) is 5.30 Å². The first kappa shape index (κ1) is 16.7. The minimum Gasteiger partial charge on any atom is -0.120 e. The van der Waals surface area contributed by atoms with Crippen molar-refractivity contribution in [2.24, 2.45) is 0 Å². The fourth-order valence-electron chi connectivity index (χ4n) is 2.45. The van der Waals surface area contributed by atoms with Crippen molar-refractivity contribution in [2.75, 3.05) is 0 Å². The van der Waals surface area contributed by atoms with E-state index in [-0.39, 0.29) is 3.86 Å². The Balaban J connectivity index is 3.30. The molecule has 0 aromatic heterocycles. The van der Waals surface area contributed by atoms with Gasteiger partial charge in [-0.2, -0.15) is 0 Å². The van der Waals surface area contributed by atoms with Gasteiger partial charge in [0.2, 0.25) is 0 Å². The minimum absolute atomic E-state index is 0.182. The average Bonchev–Trinajstić information content (AvgIpc) is 2.25. The van der Waals surface area contributed by atoms with E-state index in [0.717, 1.165) is 0 Å². The van der Waals surface area contributed by atoms with Crippen LogP contribution in [0.4, 0.5) is 0 Å². The average molecular weight is 337 g/mol. The van der Waals surface area contributed by atoms with Gasteiger partial charge < -0.3 is 0 Å². The molecule has 1 rings (SSSR count). The molecule has 0 fully saturated rings. The lowest BCUT2D eigenvalue weighted by atomic mass is 10.4. The highest BCUT2D eigenvalue weighted by molar-refractivity contribution is 7.96. The SMILES string of the molecule is C[Si](C)(C)C(Cl)(P(Cl)c1ccccc1)[Si](C)(C)C. The van der Waals surface area contributed by atoms with Crippen LogP contribution in [-0.4, -0.2) is 20.0 Å². The normalized spacial score (nSPS) is 15.6. The standard InChI is InChI=1S/C13H23Cl2PSi2/c1-17(2,3)13(14,18(4,5)6)16(15)12-10-8-7-9-11-12/h7-11H,1-6H3. The van der Waals surface area contributed by atoms with E-state index in [4.69, 9.17) is 22.8 Å². The smallest absolute Gasteiger partial charge is 0.0723 e. The Kier molecular flexibility index (Phi) is 5.18. The summed E-state index contributed by atoms with van der Waals surface area (Å²) in [5.74, 6) is 0. The number of rotatable bonds is 4. The van der Waals surface area contributed by atoms with Crippen LogP contribution in [0.5, 0.6) is 0 Å². The molecule has 0 N–H and O–H groups in total. The molecular weight excluding hydrogens is 314 g/mol. The molecule has 1 unspecified atom stereocenters. The maximum Gasteiger partial charge on any atom is 0.0723 e. The van der Waals surface area contributed by atoms with Gasteiger partial charge in [0.25, 0.3) is 0 Å². The molecule has 1 aromatic carbocycles. The third kappa shape index (κ3) is 3.04. The Morgan fingerprint density at radius 2 is 1.28 bits per heavy atom. The zero-order valence-corrected chi connectivity index (χ0v) is 16.5. The van der Waals surface area contributed by atoms with Gasteiger partial charge in [-0.15, -0.1) is 11.6 Å². The van der Waals surface area contributed by atoms with Crippen LogP contribution in [0, 0.1) is 0 Å². The molecule has 5 heteroatoms. The van der Waals surface area contributed by atoms with Gasteiger partial charge in [0.05, 0.1) is 20.0 Å². The van der Waals surface area contributed by atoms with Gasteiger partial charge in [0.1, 0.15) is 0 Å². The molecule has 18 heavy (non-hydrogen) atoms. The molecule has 0 aliphatic rings. The number of hydrogen-bond donors (Lipinski definition) is 0. The molecule has 0 spiro atoms. The number of benzene rings is 1. The third-order valence-electron chi connectivity index (χ3n) is 3.24. The number of hydrogen-bond acceptors (Lipinski definition) is 0. The summed E-state index contributed by atoms with van der Waals surface area (Å²) in [6.07, 6.45) is 0. The highest BCUT2D eigenvalue weighted by Crippen LogP contribution is 2.63. The summed E-state index contributed by atoms with van der Waals surface area (Å²) < 4.78 is -0.182. The van der Waals surface area contributed by atoms with Crippen molar-refractivity contribution in [1.82, 2.24) is 0 Å². The van der Waals surface area contributed by atoms with E-state index in [1.807, 2.05) is 6.07 Å². The number of alkyl halides is 1. The molecule has 0 saturated carbocycles. The van der Waals surface area contributed by atoms with Crippen molar-refractivity contribution in [3.05, 3.63) is 30.3 Å². The van der Waals surface area contributed by atoms with Crippen LogP contribution in [0.15, 0.2) is 30.3 Å². The van der Waals surface area contributed by atoms with Gasteiger partial charge in [0.15, 0.2) is 0 Å². The fraction of sp³-hybridized carbons (Fsp3) is 0.538. The van der Waals surface area contributed by atoms with Gasteiger partial charge in [-0.3, -0.25) is 0 Å². The zero-order chi connectivity index (χ0) is 14.2. The van der Waals surface area contributed by atoms with Crippen molar-refractivity contribution in [3.63, 3.8) is 0 Å². The van der Waals surface area contributed by atoms with E-state index in [1.54, 1.807) is 0 Å². The number of halogens is 2. The van der Waals surface area contributed by atoms with Crippen LogP contribution in [-0.2, 0) is 0 Å². The Hall–Kier alpha value is 0.664. The first-order valence-corrected chi connectivity index (χ1v) is 15.8. The molecular formula is C13H23Cl2PSi2. The van der Waals surface area contributed by atoms with Crippen molar-refractivity contribution in [1.29, 1.82) is 0 Å². The van der Waals surface area contributed by atoms with Crippen LogP contribution in [0.1, 0.15) is 0 Å². The summed E-state index contributed by atoms with van der Waals surface area (Å²) in [5, 5.41) is 1.22. The molecule has 0 aliphatic carbocycles. The molecule has 0 amide bonds. The van der Waals surface area contributed by atoms with E-state index in [9.17, 15) is 0 Å². The highest BCUT2D eigenvalue weighted by Gasteiger charge is 2.56. The summed E-state index contributed by atoms with van der Waals surface area (Å²) in [5.41, 5.74) is 0. The molecule has 102 valence electrons. The summed E-state index contributed by atoms with van der Waals surface area (Å²) in [6, 6.07) is 10.4. The predicted molar refractivity (Wildman–Crippen MR) is 94.1 cm³/mol. The molecule has 0 aliphatic heterocycles. The first-order chi connectivity index (χ1) is 8.02. The summed E-state index contributed by atoms with van der Waals surface area (Å²) in [6.45, 7) is 14.1. The van der Waals surface area contributed by atoms with Crippen LogP contribution < -0.4 is 5.30 Å². The van der Waals surface area contributed by atoms with Gasteiger partial charge in [0, 0.05) is 7.27 Å². The molecule has 1 aromatic rings. The van der Waals surface area contributed by atoms with Gasteiger partial charge in [-0.25, -0.2) is 0 Å². The van der Waals surface area contributed by atoms with Crippen LogP contribution in [0.3, 0.4) is 0 Å². The van der Waals surface area contributed by atoms with Crippen molar-refractivity contribution >= 4 is 51.6 Å². The Labute approximate surface area is 125 Å². The third-order valence-corrected chi connectivity index (χ3v) is 24.7. The predicted octanol–water partition coefficient (Wildman–Crippen LogP) is 5.64. The Morgan fingerprint density at radius 1 is 0.889 bits per heavy atom. The van der Waals surface area contributed by atoms with Crippen molar-refractivity contribution in [2.45, 2.75) is 43.1 Å². The van der Waals surface area contributed by atoms with E-state index in [0.29, 0.717) is 0 Å². The lowest BCUT2D eigenvalue weighted by molar-refractivity contribution is 1.37. The molecule has 0 bridgehead atoms. The minimum atomic E-state index is -1.57. The maximum absolute atomic E-state index is 7.20. The monoisotopic (exact) mass is 336 g/mol. The quantitative estimate of drug-likeness (QED) is 0.379. The fourth-order valence-corrected chi connectivity index (χ4v) is 22.9. The lowest BCUT2D eigenvalue weighted by Gasteiger charge is -2.49. The Bertz CT molecular complexity index is 382. The summed E-state index contributed by atoms with van der Waals surface area (Å²) in [7, 11) is -3.97. The summed E-state index contributed by atoms with van der Waals surface area (Å²) >= 11 is 14.1. The lowest BCUT2D eigenvalue weighted by Crippen LogP contribution is -2.61. The van der Waals surface area contributed by atoms with Gasteiger partial charge >= 0.3 is 0 Å². The van der Waals surface area contributed by atoms with E-state index in [2.05, 4.69) is 63.5 Å². The second kappa shape index (κ2) is 5.57. The van der Waals surface area contributed by atoms with Crippen LogP contribution in [0.25, 0.3) is 0 Å². The first-order valence-electron chi connectivity index (χ1n) is 6.22. The Morgan fingerprint density at radius 3 is 1.61 bits per heavy atom.